The van der Waals surface area contributed by atoms with Crippen LogP contribution in [0.4, 0.5) is 0 Å². The van der Waals surface area contributed by atoms with Crippen molar-refractivity contribution >= 4 is 43.5 Å². The van der Waals surface area contributed by atoms with Crippen molar-refractivity contribution in [3.05, 3.63) is 158 Å². The third-order valence-corrected chi connectivity index (χ3v) is 9.54. The second-order valence-corrected chi connectivity index (χ2v) is 11.9. The van der Waals surface area contributed by atoms with Gasteiger partial charge in [-0.25, -0.2) is 4.98 Å². The van der Waals surface area contributed by atoms with Gasteiger partial charge < -0.3 is 4.57 Å². The van der Waals surface area contributed by atoms with Crippen LogP contribution >= 0.6 is 0 Å². The molecule has 0 atom stereocenters. The number of pyridine rings is 1. The molecule has 2 aromatic heterocycles. The van der Waals surface area contributed by atoms with E-state index in [2.05, 4.69) is 162 Å². The van der Waals surface area contributed by atoms with E-state index in [9.17, 15) is 0 Å². The number of hydrogen-bond donors (Lipinski definition) is 0. The smallest absolute Gasteiger partial charge is 0.0722 e. The Morgan fingerprint density at radius 1 is 0.378 bits per heavy atom. The molecule has 0 bridgehead atoms. The van der Waals surface area contributed by atoms with Gasteiger partial charge in [0.1, 0.15) is 0 Å². The third-order valence-electron chi connectivity index (χ3n) is 9.54. The first-order valence-electron chi connectivity index (χ1n) is 15.5. The molecule has 0 radical (unpaired) electrons. The van der Waals surface area contributed by atoms with Gasteiger partial charge in [-0.3, -0.25) is 0 Å². The highest BCUT2D eigenvalue weighted by atomic mass is 15.0. The normalized spacial score (nSPS) is 12.0. The van der Waals surface area contributed by atoms with Gasteiger partial charge in [0.05, 0.1) is 22.2 Å². The van der Waals surface area contributed by atoms with Crippen molar-refractivity contribution in [2.45, 2.75) is 0 Å². The van der Waals surface area contributed by atoms with Crippen molar-refractivity contribution in [1.82, 2.24) is 9.55 Å². The Balaban J connectivity index is 1.18. The maximum Gasteiger partial charge on any atom is 0.0722 e. The van der Waals surface area contributed by atoms with Crippen LogP contribution in [0.15, 0.2) is 158 Å². The van der Waals surface area contributed by atoms with Crippen molar-refractivity contribution in [3.8, 4) is 50.3 Å². The molecule has 0 saturated carbocycles. The Hall–Kier alpha value is -5.99. The Kier molecular flexibility index (Phi) is 5.03. The monoisotopic (exact) mass is 570 g/mol. The maximum atomic E-state index is 5.25. The fourth-order valence-corrected chi connectivity index (χ4v) is 7.58. The summed E-state index contributed by atoms with van der Waals surface area (Å²) in [5.41, 5.74) is 14.4. The van der Waals surface area contributed by atoms with E-state index in [1.165, 1.54) is 77.0 Å². The van der Waals surface area contributed by atoms with Crippen LogP contribution in [0, 0.1) is 0 Å². The fraction of sp³-hybridized carbons (Fsp3) is 0. The quantitative estimate of drug-likeness (QED) is 0.207. The molecule has 0 N–H and O–H groups in total. The summed E-state index contributed by atoms with van der Waals surface area (Å²) < 4.78 is 2.37. The van der Waals surface area contributed by atoms with Crippen molar-refractivity contribution in [1.29, 1.82) is 0 Å². The van der Waals surface area contributed by atoms with Gasteiger partial charge in [-0.05, 0) is 86.6 Å². The molecule has 2 heterocycles. The number of fused-ring (bicyclic) bond motifs is 7. The first kappa shape index (κ1) is 24.5. The fourth-order valence-electron chi connectivity index (χ4n) is 7.58. The summed E-state index contributed by atoms with van der Waals surface area (Å²) in [6, 6.07) is 57.1. The van der Waals surface area contributed by atoms with Crippen LogP contribution in [-0.4, -0.2) is 9.55 Å². The molecule has 0 unspecified atom stereocenters. The molecule has 45 heavy (non-hydrogen) atoms. The van der Waals surface area contributed by atoms with Gasteiger partial charge in [0.15, 0.2) is 0 Å². The van der Waals surface area contributed by atoms with E-state index in [0.717, 1.165) is 16.8 Å². The van der Waals surface area contributed by atoms with Crippen molar-refractivity contribution in [3.63, 3.8) is 0 Å². The van der Waals surface area contributed by atoms with E-state index >= 15 is 0 Å². The molecule has 1 aliphatic rings. The molecule has 7 aromatic carbocycles. The van der Waals surface area contributed by atoms with Gasteiger partial charge in [-0.2, -0.15) is 0 Å². The third kappa shape index (κ3) is 3.48. The van der Waals surface area contributed by atoms with E-state index in [1.807, 2.05) is 0 Å². The Morgan fingerprint density at radius 2 is 1.02 bits per heavy atom. The van der Waals surface area contributed by atoms with E-state index in [1.54, 1.807) is 0 Å². The van der Waals surface area contributed by atoms with Crippen LogP contribution in [-0.2, 0) is 0 Å². The summed E-state index contributed by atoms with van der Waals surface area (Å²) in [5.74, 6) is 0. The summed E-state index contributed by atoms with van der Waals surface area (Å²) in [4.78, 5) is 5.25. The second-order valence-electron chi connectivity index (χ2n) is 11.9. The number of para-hydroxylation sites is 2. The molecule has 0 aliphatic heterocycles. The lowest BCUT2D eigenvalue weighted by atomic mass is 9.92. The van der Waals surface area contributed by atoms with E-state index in [4.69, 9.17) is 4.98 Å². The van der Waals surface area contributed by atoms with Crippen LogP contribution < -0.4 is 0 Å². The summed E-state index contributed by atoms with van der Waals surface area (Å²) in [6.45, 7) is 0. The Bertz CT molecular complexity index is 2640. The summed E-state index contributed by atoms with van der Waals surface area (Å²) in [5, 5.41) is 6.22. The molecule has 2 heteroatoms. The van der Waals surface area contributed by atoms with Gasteiger partial charge in [-0.1, -0.05) is 115 Å². The van der Waals surface area contributed by atoms with E-state index in [0.29, 0.717) is 0 Å². The zero-order valence-electron chi connectivity index (χ0n) is 24.4. The van der Waals surface area contributed by atoms with Gasteiger partial charge >= 0.3 is 0 Å². The SMILES string of the molecule is c1ccc(-n2c3ccccc3c3cc(-c4ccc(-c5cc6c7c(cccc7n5)-c5ccccc5-6)c5ccccc45)ccc32)cc1. The topological polar surface area (TPSA) is 17.8 Å². The average Bonchev–Trinajstić information content (AvgIpc) is 3.61. The molecule has 0 spiro atoms. The molecular weight excluding hydrogens is 544 g/mol. The van der Waals surface area contributed by atoms with Gasteiger partial charge in [0.25, 0.3) is 0 Å². The molecule has 2 nitrogen and oxygen atoms in total. The minimum absolute atomic E-state index is 1.01. The number of benzene rings is 7. The molecule has 0 saturated heterocycles. The predicted molar refractivity (Wildman–Crippen MR) is 189 cm³/mol. The van der Waals surface area contributed by atoms with Crippen LogP contribution in [0.25, 0.3) is 93.8 Å². The van der Waals surface area contributed by atoms with Crippen LogP contribution in [0.3, 0.4) is 0 Å². The second kappa shape index (κ2) is 9.25. The largest absolute Gasteiger partial charge is 0.309 e. The molecule has 10 rings (SSSR count). The first-order valence-corrected chi connectivity index (χ1v) is 15.5. The molecule has 0 amide bonds. The molecule has 1 aliphatic carbocycles. The number of aromatic nitrogens is 2. The highest BCUT2D eigenvalue weighted by Gasteiger charge is 2.23. The molecular formula is C43H26N2. The summed E-state index contributed by atoms with van der Waals surface area (Å²) in [7, 11) is 0. The van der Waals surface area contributed by atoms with E-state index in [-0.39, 0.29) is 0 Å². The number of rotatable bonds is 3. The maximum absolute atomic E-state index is 5.25. The lowest BCUT2D eigenvalue weighted by Crippen LogP contribution is -1.93. The zero-order valence-corrected chi connectivity index (χ0v) is 24.4. The summed E-state index contributed by atoms with van der Waals surface area (Å²) >= 11 is 0. The van der Waals surface area contributed by atoms with Gasteiger partial charge in [0, 0.05) is 27.4 Å². The Labute approximate surface area is 260 Å². The van der Waals surface area contributed by atoms with Crippen molar-refractivity contribution < 1.29 is 0 Å². The van der Waals surface area contributed by atoms with Crippen molar-refractivity contribution in [2.75, 3.05) is 0 Å². The predicted octanol–water partition coefficient (Wildman–Crippen LogP) is 11.5. The number of hydrogen-bond acceptors (Lipinski definition) is 1. The average molecular weight is 571 g/mol. The van der Waals surface area contributed by atoms with E-state index < -0.39 is 0 Å². The first-order chi connectivity index (χ1) is 22.3. The lowest BCUT2D eigenvalue weighted by Gasteiger charge is -2.14. The minimum atomic E-state index is 1.01. The standard InChI is InChI=1S/C43H26N2/c1-2-11-28(12-3-1)45-41-20-9-8-17-35(41)37-25-27(21-24-42(37)45)29-22-23-34(31-14-5-4-13-30(29)31)40-26-38-33-16-7-6-15-32(33)36-18-10-19-39(44-40)43(36)38/h1-26H. The molecule has 9 aromatic rings. The molecule has 0 fully saturated rings. The highest BCUT2D eigenvalue weighted by molar-refractivity contribution is 6.16. The van der Waals surface area contributed by atoms with Crippen LogP contribution in [0.5, 0.6) is 0 Å². The van der Waals surface area contributed by atoms with Crippen LogP contribution in [0.2, 0.25) is 0 Å². The Morgan fingerprint density at radius 3 is 1.87 bits per heavy atom. The minimum Gasteiger partial charge on any atom is -0.309 e. The number of nitrogens with zero attached hydrogens (tertiary/aromatic N) is 2. The van der Waals surface area contributed by atoms with Gasteiger partial charge in [0.2, 0.25) is 0 Å². The summed E-state index contributed by atoms with van der Waals surface area (Å²) in [6.07, 6.45) is 0. The molecule has 208 valence electrons. The van der Waals surface area contributed by atoms with Gasteiger partial charge in [-0.15, -0.1) is 0 Å². The lowest BCUT2D eigenvalue weighted by molar-refractivity contribution is 1.18. The zero-order chi connectivity index (χ0) is 29.5. The van der Waals surface area contributed by atoms with Crippen molar-refractivity contribution in [2.24, 2.45) is 0 Å². The highest BCUT2D eigenvalue weighted by Crippen LogP contribution is 2.48. The van der Waals surface area contributed by atoms with Crippen LogP contribution in [0.1, 0.15) is 0 Å².